The molecular weight excluding hydrogens is 364 g/mol. The number of sulfonamides is 1. The normalized spacial score (nSPS) is 17.0. The average molecular weight is 388 g/mol. The molecule has 0 saturated carbocycles. The summed E-state index contributed by atoms with van der Waals surface area (Å²) < 4.78 is 38.7. The van der Waals surface area contributed by atoms with Gasteiger partial charge in [-0.1, -0.05) is 12.1 Å². The number of ether oxygens (including phenoxy) is 2. The Morgan fingerprint density at radius 1 is 0.889 bits per heavy atom. The number of hydrogen-bond acceptors (Lipinski definition) is 5. The summed E-state index contributed by atoms with van der Waals surface area (Å²) in [7, 11) is -3.62. The lowest BCUT2D eigenvalue weighted by molar-refractivity contribution is 0.171. The van der Waals surface area contributed by atoms with Crippen LogP contribution in [0.3, 0.4) is 0 Å². The highest BCUT2D eigenvalue weighted by molar-refractivity contribution is 7.89. The van der Waals surface area contributed by atoms with Gasteiger partial charge in [0.25, 0.3) is 0 Å². The number of benzene rings is 2. The molecule has 2 aliphatic rings. The van der Waals surface area contributed by atoms with Crippen molar-refractivity contribution in [3.8, 4) is 11.5 Å². The van der Waals surface area contributed by atoms with Crippen LogP contribution in [0.2, 0.25) is 0 Å². The second-order valence-electron chi connectivity index (χ2n) is 6.84. The number of anilines is 1. The zero-order chi connectivity index (χ0) is 18.7. The Hall–Kier alpha value is -2.25. The first-order valence-electron chi connectivity index (χ1n) is 9.35. The van der Waals surface area contributed by atoms with E-state index in [0.717, 1.165) is 18.7 Å². The lowest BCUT2D eigenvalue weighted by atomic mass is 10.1. The molecule has 0 unspecified atom stereocenters. The molecule has 1 N–H and O–H groups in total. The van der Waals surface area contributed by atoms with E-state index in [1.165, 1.54) is 37.1 Å². The van der Waals surface area contributed by atoms with Gasteiger partial charge in [-0.2, -0.15) is 0 Å². The second kappa shape index (κ2) is 7.78. The van der Waals surface area contributed by atoms with E-state index in [9.17, 15) is 8.42 Å². The van der Waals surface area contributed by atoms with Crippen molar-refractivity contribution in [2.75, 3.05) is 31.2 Å². The molecule has 27 heavy (non-hydrogen) atoms. The third kappa shape index (κ3) is 4.20. The topological polar surface area (TPSA) is 67.9 Å². The van der Waals surface area contributed by atoms with Crippen LogP contribution in [0, 0.1) is 0 Å². The molecule has 2 aliphatic heterocycles. The quantitative estimate of drug-likeness (QED) is 0.853. The van der Waals surface area contributed by atoms with Crippen LogP contribution >= 0.6 is 0 Å². The zero-order valence-corrected chi connectivity index (χ0v) is 16.0. The maximum absolute atomic E-state index is 12.6. The molecule has 144 valence electrons. The fourth-order valence-corrected chi connectivity index (χ4v) is 4.46. The highest BCUT2D eigenvalue weighted by Crippen LogP contribution is 2.32. The third-order valence-electron chi connectivity index (χ3n) is 4.95. The van der Waals surface area contributed by atoms with Crippen molar-refractivity contribution in [1.29, 1.82) is 0 Å². The third-order valence-corrected chi connectivity index (χ3v) is 6.35. The highest BCUT2D eigenvalue weighted by atomic mass is 32.2. The standard InChI is InChI=1S/C20H24N2O4S/c23-27(24,18-8-9-19-20(14-18)26-13-12-25-19)21-15-16-4-6-17(7-5-16)22-10-2-1-3-11-22/h4-9,14,21H,1-3,10-13,15H2. The van der Waals surface area contributed by atoms with Crippen molar-refractivity contribution in [2.45, 2.75) is 30.7 Å². The van der Waals surface area contributed by atoms with Crippen LogP contribution in [-0.2, 0) is 16.6 Å². The maximum atomic E-state index is 12.6. The molecule has 0 amide bonds. The molecule has 1 fully saturated rings. The van der Waals surface area contributed by atoms with Crippen molar-refractivity contribution in [2.24, 2.45) is 0 Å². The van der Waals surface area contributed by atoms with Crippen LogP contribution in [0.5, 0.6) is 11.5 Å². The van der Waals surface area contributed by atoms with Crippen molar-refractivity contribution < 1.29 is 17.9 Å². The summed E-state index contributed by atoms with van der Waals surface area (Å²) in [5, 5.41) is 0. The molecule has 0 radical (unpaired) electrons. The fraction of sp³-hybridized carbons (Fsp3) is 0.400. The molecule has 6 nitrogen and oxygen atoms in total. The molecule has 4 rings (SSSR count). The molecule has 0 atom stereocenters. The SMILES string of the molecule is O=S(=O)(NCc1ccc(N2CCCCC2)cc1)c1ccc2c(c1)OCCO2. The first-order valence-corrected chi connectivity index (χ1v) is 10.8. The molecule has 7 heteroatoms. The molecule has 0 aliphatic carbocycles. The van der Waals surface area contributed by atoms with E-state index >= 15 is 0 Å². The van der Waals surface area contributed by atoms with Crippen molar-refractivity contribution in [3.05, 3.63) is 48.0 Å². The summed E-state index contributed by atoms with van der Waals surface area (Å²) in [5.41, 5.74) is 2.13. The Bertz CT molecular complexity index is 891. The van der Waals surface area contributed by atoms with Gasteiger partial charge in [-0.05, 0) is 49.1 Å². The van der Waals surface area contributed by atoms with Gasteiger partial charge in [0.2, 0.25) is 10.0 Å². The van der Waals surface area contributed by atoms with E-state index in [1.54, 1.807) is 6.07 Å². The minimum absolute atomic E-state index is 0.177. The van der Waals surface area contributed by atoms with E-state index in [4.69, 9.17) is 9.47 Å². The molecule has 1 saturated heterocycles. The van der Waals surface area contributed by atoms with E-state index in [-0.39, 0.29) is 11.4 Å². The molecule has 0 spiro atoms. The highest BCUT2D eigenvalue weighted by Gasteiger charge is 2.19. The van der Waals surface area contributed by atoms with Crippen LogP contribution in [0.25, 0.3) is 0 Å². The van der Waals surface area contributed by atoms with Gasteiger partial charge in [0.05, 0.1) is 4.90 Å². The van der Waals surface area contributed by atoms with E-state index < -0.39 is 10.0 Å². The smallest absolute Gasteiger partial charge is 0.241 e. The van der Waals surface area contributed by atoms with Gasteiger partial charge in [-0.3, -0.25) is 0 Å². The minimum Gasteiger partial charge on any atom is -0.486 e. The first kappa shape index (κ1) is 18.1. The van der Waals surface area contributed by atoms with Crippen molar-refractivity contribution in [1.82, 2.24) is 4.72 Å². The number of nitrogens with one attached hydrogen (secondary N) is 1. The van der Waals surface area contributed by atoms with Crippen LogP contribution < -0.4 is 19.1 Å². The summed E-state index contributed by atoms with van der Waals surface area (Å²) >= 11 is 0. The number of rotatable bonds is 5. The summed E-state index contributed by atoms with van der Waals surface area (Å²) in [5.74, 6) is 1.04. The molecular formula is C20H24N2O4S. The molecule has 0 aromatic heterocycles. The number of fused-ring (bicyclic) bond motifs is 1. The Morgan fingerprint density at radius 3 is 2.33 bits per heavy atom. The van der Waals surface area contributed by atoms with Crippen LogP contribution in [0.1, 0.15) is 24.8 Å². The molecule has 2 aromatic rings. The Labute approximate surface area is 160 Å². The van der Waals surface area contributed by atoms with Gasteiger partial charge in [0.1, 0.15) is 13.2 Å². The van der Waals surface area contributed by atoms with Gasteiger partial charge in [-0.25, -0.2) is 13.1 Å². The van der Waals surface area contributed by atoms with Gasteiger partial charge < -0.3 is 14.4 Å². The predicted octanol–water partition coefficient (Wildman–Crippen LogP) is 2.93. The van der Waals surface area contributed by atoms with Crippen LogP contribution in [0.4, 0.5) is 5.69 Å². The van der Waals surface area contributed by atoms with Gasteiger partial charge in [-0.15, -0.1) is 0 Å². The van der Waals surface area contributed by atoms with E-state index in [1.807, 2.05) is 12.1 Å². The monoisotopic (exact) mass is 388 g/mol. The number of nitrogens with zero attached hydrogens (tertiary/aromatic N) is 1. The van der Waals surface area contributed by atoms with Crippen molar-refractivity contribution in [3.63, 3.8) is 0 Å². The largest absolute Gasteiger partial charge is 0.486 e. The maximum Gasteiger partial charge on any atom is 0.241 e. The average Bonchev–Trinajstić information content (AvgIpc) is 2.73. The Balaban J connectivity index is 1.41. The fourth-order valence-electron chi connectivity index (χ4n) is 3.43. The molecule has 0 bridgehead atoms. The summed E-state index contributed by atoms with van der Waals surface area (Å²) in [4.78, 5) is 2.56. The van der Waals surface area contributed by atoms with Gasteiger partial charge in [0.15, 0.2) is 11.5 Å². The Kier molecular flexibility index (Phi) is 5.22. The van der Waals surface area contributed by atoms with Crippen LogP contribution in [-0.4, -0.2) is 34.7 Å². The predicted molar refractivity (Wildman–Crippen MR) is 104 cm³/mol. The summed E-state index contributed by atoms with van der Waals surface area (Å²) in [6, 6.07) is 12.8. The molecule has 2 aromatic carbocycles. The van der Waals surface area contributed by atoms with E-state index in [2.05, 4.69) is 21.8 Å². The first-order chi connectivity index (χ1) is 13.1. The molecule has 2 heterocycles. The Morgan fingerprint density at radius 2 is 1.59 bits per heavy atom. The summed E-state index contributed by atoms with van der Waals surface area (Å²) in [6.45, 7) is 3.33. The second-order valence-corrected chi connectivity index (χ2v) is 8.61. The van der Waals surface area contributed by atoms with Crippen LogP contribution in [0.15, 0.2) is 47.4 Å². The lowest BCUT2D eigenvalue weighted by Crippen LogP contribution is -2.29. The minimum atomic E-state index is -3.62. The van der Waals surface area contributed by atoms with Gasteiger partial charge >= 0.3 is 0 Å². The van der Waals surface area contributed by atoms with Crippen molar-refractivity contribution >= 4 is 15.7 Å². The van der Waals surface area contributed by atoms with E-state index in [0.29, 0.717) is 24.7 Å². The summed E-state index contributed by atoms with van der Waals surface area (Å²) in [6.07, 6.45) is 3.77. The number of piperidine rings is 1. The number of hydrogen-bond donors (Lipinski definition) is 1. The van der Waals surface area contributed by atoms with Gasteiger partial charge in [0, 0.05) is 31.4 Å². The zero-order valence-electron chi connectivity index (χ0n) is 15.2. The lowest BCUT2D eigenvalue weighted by Gasteiger charge is -2.28.